The Bertz CT molecular complexity index is 146. The van der Waals surface area contributed by atoms with Gasteiger partial charge in [-0.2, -0.15) is 0 Å². The van der Waals surface area contributed by atoms with E-state index >= 15 is 0 Å². The van der Waals surface area contributed by atoms with Gasteiger partial charge in [-0.15, -0.1) is 9.93 Å². The summed E-state index contributed by atoms with van der Waals surface area (Å²) in [6, 6.07) is 0.529. The first-order chi connectivity index (χ1) is 4.14. The van der Waals surface area contributed by atoms with Gasteiger partial charge in [0.2, 0.25) is 0 Å². The van der Waals surface area contributed by atoms with Crippen molar-refractivity contribution in [1.82, 2.24) is 5.32 Å². The van der Waals surface area contributed by atoms with E-state index in [2.05, 4.69) is 5.32 Å². The van der Waals surface area contributed by atoms with Crippen LogP contribution < -0.4 is 5.32 Å². The molecule has 56 valence electrons. The van der Waals surface area contributed by atoms with Crippen molar-refractivity contribution in [3.05, 3.63) is 0 Å². The van der Waals surface area contributed by atoms with Gasteiger partial charge >= 0.3 is 0 Å². The average Bonchev–Trinajstić information content (AvgIpc) is 2.10. The maximum atomic E-state index is 11.3. The lowest BCUT2D eigenvalue weighted by Crippen LogP contribution is -2.27. The van der Waals surface area contributed by atoms with Gasteiger partial charge in [0, 0.05) is 17.5 Å². The summed E-state index contributed by atoms with van der Waals surface area (Å²) in [6.45, 7) is 0. The minimum Gasteiger partial charge on any atom is -0.316 e. The van der Waals surface area contributed by atoms with Gasteiger partial charge in [-0.1, -0.05) is 0 Å². The smallest absolute Gasteiger partial charge is 0.0169 e. The van der Waals surface area contributed by atoms with E-state index in [1.807, 2.05) is 13.3 Å². The van der Waals surface area contributed by atoms with Crippen LogP contribution in [0.25, 0.3) is 0 Å². The Morgan fingerprint density at radius 3 is 2.56 bits per heavy atom. The quantitative estimate of drug-likeness (QED) is 0.498. The van der Waals surface area contributed by atoms with E-state index in [4.69, 9.17) is 0 Å². The van der Waals surface area contributed by atoms with Gasteiger partial charge < -0.3 is 5.32 Å². The Labute approximate surface area is 57.5 Å². The highest BCUT2D eigenvalue weighted by Crippen LogP contribution is 2.15. The van der Waals surface area contributed by atoms with Gasteiger partial charge in [0.1, 0.15) is 0 Å². The Kier molecular flexibility index (Phi) is 1.91. The van der Waals surface area contributed by atoms with Crippen LogP contribution in [0.15, 0.2) is 0 Å². The molecule has 3 heteroatoms. The van der Waals surface area contributed by atoms with Gasteiger partial charge in [-0.25, -0.2) is 0 Å². The van der Waals surface area contributed by atoms with Crippen LogP contribution in [0, 0.1) is 0 Å². The lowest BCUT2D eigenvalue weighted by molar-refractivity contribution is 0.622. The molecule has 1 fully saturated rings. The molecule has 0 aromatic heterocycles. The fourth-order valence-corrected chi connectivity index (χ4v) is 3.65. The predicted molar refractivity (Wildman–Crippen MR) is 42.7 cm³/mol. The standard InChI is InChI=1S/C6H15NOS/c1-7-6-3-4-9(2,8)5-6/h6-7,9H,3-5H2,1-2H3. The zero-order valence-electron chi connectivity index (χ0n) is 6.05. The molecule has 9 heavy (non-hydrogen) atoms. The second-order valence-corrected chi connectivity index (χ2v) is 6.38. The molecule has 0 spiro atoms. The summed E-state index contributed by atoms with van der Waals surface area (Å²) in [4.78, 5) is 0. The third-order valence-corrected chi connectivity index (χ3v) is 4.38. The Morgan fingerprint density at radius 1 is 1.67 bits per heavy atom. The van der Waals surface area contributed by atoms with Crippen LogP contribution in [-0.4, -0.2) is 35.1 Å². The number of thiol groups is 1. The Balaban J connectivity index is 2.47. The van der Waals surface area contributed by atoms with Crippen molar-refractivity contribution in [1.29, 1.82) is 0 Å². The van der Waals surface area contributed by atoms with E-state index in [0.717, 1.165) is 17.9 Å². The van der Waals surface area contributed by atoms with Crippen molar-refractivity contribution < 1.29 is 4.21 Å². The summed E-state index contributed by atoms with van der Waals surface area (Å²) in [6.07, 6.45) is 3.01. The van der Waals surface area contributed by atoms with Crippen molar-refractivity contribution >= 4 is 9.93 Å². The molecule has 1 atom stereocenters. The van der Waals surface area contributed by atoms with Crippen LogP contribution in [-0.2, 0) is 9.93 Å². The minimum atomic E-state index is -1.68. The maximum absolute atomic E-state index is 11.3. The highest BCUT2D eigenvalue weighted by molar-refractivity contribution is 8.02. The summed E-state index contributed by atoms with van der Waals surface area (Å²) >= 11 is 0. The zero-order chi connectivity index (χ0) is 6.91. The fourth-order valence-electron chi connectivity index (χ4n) is 1.31. The molecule has 1 N–H and O–H groups in total. The topological polar surface area (TPSA) is 29.1 Å². The SMILES string of the molecule is CNC1CC[SH](C)(=O)C1. The van der Waals surface area contributed by atoms with Crippen LogP contribution in [0.5, 0.6) is 0 Å². The number of rotatable bonds is 1. The summed E-state index contributed by atoms with van der Waals surface area (Å²) < 4.78 is 11.3. The predicted octanol–water partition coefficient (Wildman–Crippen LogP) is -0.375. The first kappa shape index (κ1) is 7.22. The average molecular weight is 149 g/mol. The largest absolute Gasteiger partial charge is 0.316 e. The van der Waals surface area contributed by atoms with E-state index in [1.54, 1.807) is 0 Å². The molecule has 1 saturated heterocycles. The summed E-state index contributed by atoms with van der Waals surface area (Å²) in [5.41, 5.74) is 0. The van der Waals surface area contributed by atoms with E-state index in [9.17, 15) is 4.21 Å². The second-order valence-electron chi connectivity index (χ2n) is 2.98. The molecule has 1 aliphatic heterocycles. The lowest BCUT2D eigenvalue weighted by Gasteiger charge is -2.09. The molecular formula is C6H15NOS. The number of hydrogen-bond donors (Lipinski definition) is 2. The first-order valence-electron chi connectivity index (χ1n) is 3.37. The van der Waals surface area contributed by atoms with Crippen molar-refractivity contribution in [2.24, 2.45) is 0 Å². The highest BCUT2D eigenvalue weighted by Gasteiger charge is 2.23. The Hall–Kier alpha value is 0.110. The van der Waals surface area contributed by atoms with Crippen LogP contribution in [0.4, 0.5) is 0 Å². The van der Waals surface area contributed by atoms with Crippen LogP contribution in [0.3, 0.4) is 0 Å². The molecule has 2 nitrogen and oxygen atoms in total. The third-order valence-electron chi connectivity index (χ3n) is 1.97. The van der Waals surface area contributed by atoms with Gasteiger partial charge in [0.05, 0.1) is 0 Å². The molecule has 1 heterocycles. The van der Waals surface area contributed by atoms with Gasteiger partial charge in [-0.3, -0.25) is 4.21 Å². The molecule has 0 saturated carbocycles. The van der Waals surface area contributed by atoms with E-state index in [-0.39, 0.29) is 0 Å². The van der Waals surface area contributed by atoms with Crippen LogP contribution in [0.1, 0.15) is 6.42 Å². The molecule has 0 radical (unpaired) electrons. The van der Waals surface area contributed by atoms with Gasteiger partial charge in [0.15, 0.2) is 0 Å². The lowest BCUT2D eigenvalue weighted by atomic mass is 10.3. The van der Waals surface area contributed by atoms with Crippen LogP contribution in [0.2, 0.25) is 0 Å². The molecule has 0 aromatic carbocycles. The number of hydrogen-bond acceptors (Lipinski definition) is 2. The molecule has 0 bridgehead atoms. The molecule has 1 unspecified atom stereocenters. The monoisotopic (exact) mass is 149 g/mol. The molecule has 0 aliphatic carbocycles. The van der Waals surface area contributed by atoms with Crippen molar-refractivity contribution in [2.75, 3.05) is 24.8 Å². The van der Waals surface area contributed by atoms with Crippen molar-refractivity contribution in [3.8, 4) is 0 Å². The van der Waals surface area contributed by atoms with E-state index in [0.29, 0.717) is 6.04 Å². The summed E-state index contributed by atoms with van der Waals surface area (Å²) in [5, 5.41) is 3.15. The second kappa shape index (κ2) is 2.39. The summed E-state index contributed by atoms with van der Waals surface area (Å²) in [7, 11) is 0.262. The summed E-state index contributed by atoms with van der Waals surface area (Å²) in [5.74, 6) is 1.85. The first-order valence-corrected chi connectivity index (χ1v) is 5.89. The minimum absolute atomic E-state index is 0.529. The van der Waals surface area contributed by atoms with Gasteiger partial charge in [-0.05, 0) is 19.7 Å². The Morgan fingerprint density at radius 2 is 2.33 bits per heavy atom. The molecule has 1 aliphatic rings. The molecular weight excluding hydrogens is 134 g/mol. The van der Waals surface area contributed by atoms with Gasteiger partial charge in [0.25, 0.3) is 0 Å². The number of nitrogens with one attached hydrogen (secondary N) is 1. The van der Waals surface area contributed by atoms with E-state index in [1.165, 1.54) is 0 Å². The van der Waals surface area contributed by atoms with Crippen molar-refractivity contribution in [2.45, 2.75) is 12.5 Å². The van der Waals surface area contributed by atoms with Crippen molar-refractivity contribution in [3.63, 3.8) is 0 Å². The third kappa shape index (κ3) is 1.76. The maximum Gasteiger partial charge on any atom is 0.0169 e. The zero-order valence-corrected chi connectivity index (χ0v) is 6.95. The molecule has 1 rings (SSSR count). The van der Waals surface area contributed by atoms with Crippen LogP contribution >= 0.6 is 0 Å². The van der Waals surface area contributed by atoms with E-state index < -0.39 is 9.93 Å². The molecule has 0 aromatic rings. The fraction of sp³-hybridized carbons (Fsp3) is 1.00. The highest BCUT2D eigenvalue weighted by atomic mass is 32.2. The normalized spacial score (nSPS) is 36.4. The molecule has 0 amide bonds.